The fourth-order valence-corrected chi connectivity index (χ4v) is 3.03. The van der Waals surface area contributed by atoms with Gasteiger partial charge in [-0.05, 0) is 36.6 Å². The Morgan fingerprint density at radius 1 is 0.929 bits per heavy atom. The van der Waals surface area contributed by atoms with E-state index in [4.69, 9.17) is 9.52 Å². The van der Waals surface area contributed by atoms with Gasteiger partial charge in [0.1, 0.15) is 0 Å². The molecule has 6 nitrogen and oxygen atoms in total. The van der Waals surface area contributed by atoms with Gasteiger partial charge >= 0.3 is 5.97 Å². The molecule has 0 radical (unpaired) electrons. The predicted octanol–water partition coefficient (Wildman–Crippen LogP) is 4.63. The van der Waals surface area contributed by atoms with Crippen molar-refractivity contribution in [3.63, 3.8) is 0 Å². The third-order valence-corrected chi connectivity index (χ3v) is 4.58. The van der Waals surface area contributed by atoms with Crippen molar-refractivity contribution in [2.45, 2.75) is 26.2 Å². The number of carboxylic acids is 1. The van der Waals surface area contributed by atoms with Gasteiger partial charge in [0.25, 0.3) is 0 Å². The Kier molecular flexibility index (Phi) is 5.49. The highest BCUT2D eigenvalue weighted by Gasteiger charge is 2.23. The summed E-state index contributed by atoms with van der Waals surface area (Å²) in [6.07, 6.45) is 4.26. The number of furan rings is 1. The monoisotopic (exact) mass is 380 g/mol. The number of aryl methyl sites for hydroxylation is 1. The predicted molar refractivity (Wildman–Crippen MR) is 103 cm³/mol. The second kappa shape index (κ2) is 8.00. The maximum atomic E-state index is 12.7. The lowest BCUT2D eigenvalue weighted by atomic mass is 9.96. The van der Waals surface area contributed by atoms with Crippen LogP contribution in [0.15, 0.2) is 53.1 Å². The summed E-state index contributed by atoms with van der Waals surface area (Å²) in [5.74, 6) is -3.28. The molecule has 0 unspecified atom stereocenters. The number of benzene rings is 2. The lowest BCUT2D eigenvalue weighted by molar-refractivity contribution is 0.0663. The van der Waals surface area contributed by atoms with E-state index in [9.17, 15) is 19.8 Å². The van der Waals surface area contributed by atoms with Crippen LogP contribution in [0.3, 0.4) is 0 Å². The van der Waals surface area contributed by atoms with Crippen molar-refractivity contribution >= 4 is 11.8 Å². The molecule has 0 amide bonds. The van der Waals surface area contributed by atoms with Crippen molar-refractivity contribution in [1.29, 1.82) is 0 Å². The van der Waals surface area contributed by atoms with E-state index >= 15 is 0 Å². The second-order valence-corrected chi connectivity index (χ2v) is 6.46. The first-order valence-corrected chi connectivity index (χ1v) is 8.93. The average molecular weight is 380 g/mol. The molecule has 1 heterocycles. The van der Waals surface area contributed by atoms with Gasteiger partial charge in [0.05, 0.1) is 11.8 Å². The summed E-state index contributed by atoms with van der Waals surface area (Å²) in [6, 6.07) is 11.2. The third kappa shape index (κ3) is 3.62. The number of carbonyl (C=O) groups excluding carboxylic acids is 1. The Bertz CT molecular complexity index is 1010. The minimum Gasteiger partial charge on any atom is -0.504 e. The molecule has 28 heavy (non-hydrogen) atoms. The van der Waals surface area contributed by atoms with Crippen molar-refractivity contribution in [2.24, 2.45) is 0 Å². The molecule has 144 valence electrons. The first-order valence-electron chi connectivity index (χ1n) is 8.93. The van der Waals surface area contributed by atoms with Gasteiger partial charge in [-0.2, -0.15) is 0 Å². The molecular formula is C22H20O6. The molecule has 0 bridgehead atoms. The molecule has 0 aliphatic rings. The van der Waals surface area contributed by atoms with Crippen molar-refractivity contribution in [3.8, 4) is 22.6 Å². The maximum absolute atomic E-state index is 12.7. The summed E-state index contributed by atoms with van der Waals surface area (Å²) in [4.78, 5) is 23.9. The summed E-state index contributed by atoms with van der Waals surface area (Å²) in [5.41, 5.74) is 1.62. The van der Waals surface area contributed by atoms with Crippen molar-refractivity contribution in [1.82, 2.24) is 0 Å². The summed E-state index contributed by atoms with van der Waals surface area (Å²) in [6.45, 7) is 2.11. The van der Waals surface area contributed by atoms with Crippen LogP contribution in [0.5, 0.6) is 11.5 Å². The molecule has 3 aromatic rings. The molecule has 0 spiro atoms. The van der Waals surface area contributed by atoms with Crippen LogP contribution in [-0.2, 0) is 6.42 Å². The maximum Gasteiger partial charge on any atom is 0.372 e. The highest BCUT2D eigenvalue weighted by molar-refractivity contribution is 6.11. The second-order valence-electron chi connectivity index (χ2n) is 6.46. The van der Waals surface area contributed by atoms with Gasteiger partial charge in [-0.3, -0.25) is 4.79 Å². The minimum absolute atomic E-state index is 0.0649. The summed E-state index contributed by atoms with van der Waals surface area (Å²) in [7, 11) is 0. The summed E-state index contributed by atoms with van der Waals surface area (Å²) >= 11 is 0. The number of carboxylic acid groups (broad SMARTS) is 1. The molecule has 0 saturated heterocycles. The van der Waals surface area contributed by atoms with E-state index < -0.39 is 23.3 Å². The molecule has 0 atom stereocenters. The number of aromatic hydroxyl groups is 2. The van der Waals surface area contributed by atoms with Gasteiger partial charge in [0.2, 0.25) is 5.76 Å². The van der Waals surface area contributed by atoms with Gasteiger partial charge in [0.15, 0.2) is 17.3 Å². The van der Waals surface area contributed by atoms with Gasteiger partial charge in [-0.1, -0.05) is 37.6 Å². The fourth-order valence-electron chi connectivity index (χ4n) is 3.03. The topological polar surface area (TPSA) is 108 Å². The molecule has 3 N–H and O–H groups in total. The lowest BCUT2D eigenvalue weighted by Crippen LogP contribution is -2.03. The minimum atomic E-state index is -1.30. The van der Waals surface area contributed by atoms with Gasteiger partial charge in [0, 0.05) is 16.7 Å². The zero-order valence-corrected chi connectivity index (χ0v) is 15.3. The van der Waals surface area contributed by atoms with Crippen molar-refractivity contribution in [2.75, 3.05) is 0 Å². The average Bonchev–Trinajstić information content (AvgIpc) is 3.18. The number of hydrogen-bond donors (Lipinski definition) is 3. The molecule has 0 fully saturated rings. The van der Waals surface area contributed by atoms with E-state index in [1.807, 2.05) is 12.1 Å². The summed E-state index contributed by atoms with van der Waals surface area (Å²) < 4.78 is 4.90. The molecule has 0 saturated carbocycles. The SMILES string of the molecule is CCCCc1ccc(C(=O)c2ccc(-c3ccoc3C(=O)O)c(O)c2O)cc1. The number of hydrogen-bond acceptors (Lipinski definition) is 5. The van der Waals surface area contributed by atoms with Crippen LogP contribution in [0, 0.1) is 0 Å². The highest BCUT2D eigenvalue weighted by atomic mass is 16.4. The van der Waals surface area contributed by atoms with Gasteiger partial charge in [-0.15, -0.1) is 0 Å². The molecule has 2 aromatic carbocycles. The Hall–Kier alpha value is -3.54. The van der Waals surface area contributed by atoms with Crippen molar-refractivity contribution in [3.05, 3.63) is 71.2 Å². The highest BCUT2D eigenvalue weighted by Crippen LogP contribution is 2.41. The van der Waals surface area contributed by atoms with Crippen LogP contribution >= 0.6 is 0 Å². The number of unbranched alkanes of at least 4 members (excludes halogenated alkanes) is 1. The van der Waals surface area contributed by atoms with Crippen LogP contribution < -0.4 is 0 Å². The van der Waals surface area contributed by atoms with E-state index in [0.29, 0.717) is 5.56 Å². The molecular weight excluding hydrogens is 360 g/mol. The van der Waals surface area contributed by atoms with E-state index in [2.05, 4.69) is 6.92 Å². The molecule has 3 rings (SSSR count). The summed E-state index contributed by atoms with van der Waals surface area (Å²) in [5, 5.41) is 29.9. The molecule has 0 aliphatic carbocycles. The van der Waals surface area contributed by atoms with Crippen LogP contribution in [0.2, 0.25) is 0 Å². The van der Waals surface area contributed by atoms with Gasteiger partial charge in [-0.25, -0.2) is 4.79 Å². The Balaban J connectivity index is 1.93. The molecule has 1 aromatic heterocycles. The van der Waals surface area contributed by atoms with Crippen LogP contribution in [0.4, 0.5) is 0 Å². The number of carbonyl (C=O) groups is 2. The first-order chi connectivity index (χ1) is 13.4. The van der Waals surface area contributed by atoms with Crippen LogP contribution in [0.25, 0.3) is 11.1 Å². The molecule has 0 aliphatic heterocycles. The normalized spacial score (nSPS) is 10.8. The zero-order valence-electron chi connectivity index (χ0n) is 15.3. The lowest BCUT2D eigenvalue weighted by Gasteiger charge is -2.10. The van der Waals surface area contributed by atoms with E-state index in [0.717, 1.165) is 24.8 Å². The Morgan fingerprint density at radius 2 is 1.64 bits per heavy atom. The number of phenolic OH excluding ortho intramolecular Hbond substituents is 2. The van der Waals surface area contributed by atoms with E-state index in [1.165, 1.54) is 24.5 Å². The quantitative estimate of drug-likeness (QED) is 0.407. The standard InChI is InChI=1S/C22H20O6/c1-2-3-4-13-5-7-14(8-6-13)18(23)17-10-9-15(19(24)20(17)25)16-11-12-28-21(16)22(26)27/h5-12,24-25H,2-4H2,1H3,(H,26,27). The number of rotatable bonds is 7. The Labute approximate surface area is 161 Å². The third-order valence-electron chi connectivity index (χ3n) is 4.58. The fraction of sp³-hybridized carbons (Fsp3) is 0.182. The van der Waals surface area contributed by atoms with Crippen molar-refractivity contribution < 1.29 is 29.3 Å². The van der Waals surface area contributed by atoms with Gasteiger partial charge < -0.3 is 19.7 Å². The van der Waals surface area contributed by atoms with Crippen LogP contribution in [-0.4, -0.2) is 27.1 Å². The zero-order chi connectivity index (χ0) is 20.3. The van der Waals surface area contributed by atoms with E-state index in [-0.39, 0.29) is 22.5 Å². The largest absolute Gasteiger partial charge is 0.504 e. The van der Waals surface area contributed by atoms with Crippen LogP contribution in [0.1, 0.15) is 51.8 Å². The first kappa shape index (κ1) is 19.2. The smallest absolute Gasteiger partial charge is 0.372 e. The number of phenols is 2. The molecule has 6 heteroatoms. The Morgan fingerprint density at radius 3 is 2.29 bits per heavy atom. The van der Waals surface area contributed by atoms with E-state index in [1.54, 1.807) is 12.1 Å². The number of aromatic carboxylic acids is 1. The number of ketones is 1.